The third kappa shape index (κ3) is 5.34. The van der Waals surface area contributed by atoms with Gasteiger partial charge in [-0.1, -0.05) is 17.8 Å². The molecule has 1 aromatic carbocycles. The number of hydrogen-bond donors (Lipinski definition) is 2. The number of thiazole rings is 1. The maximum atomic E-state index is 12.9. The monoisotopic (exact) mass is 532 g/mol. The summed E-state index contributed by atoms with van der Waals surface area (Å²) in [6.45, 7) is 4.24. The number of anilines is 2. The Morgan fingerprint density at radius 3 is 2.56 bits per heavy atom. The van der Waals surface area contributed by atoms with Crippen LogP contribution in [-0.4, -0.2) is 27.7 Å². The van der Waals surface area contributed by atoms with E-state index in [-0.39, 0.29) is 22.9 Å². The summed E-state index contributed by atoms with van der Waals surface area (Å²) in [5, 5.41) is 26.2. The van der Waals surface area contributed by atoms with Gasteiger partial charge in [-0.2, -0.15) is 10.5 Å². The molecule has 0 saturated carbocycles. The van der Waals surface area contributed by atoms with Crippen molar-refractivity contribution in [3.8, 4) is 39.6 Å². The van der Waals surface area contributed by atoms with Crippen molar-refractivity contribution in [2.24, 2.45) is 0 Å². The zero-order valence-electron chi connectivity index (χ0n) is 19.3. The van der Waals surface area contributed by atoms with Gasteiger partial charge in [0.2, 0.25) is 5.91 Å². The van der Waals surface area contributed by atoms with Gasteiger partial charge in [-0.3, -0.25) is 4.79 Å². The number of carbonyl (C=O) groups excluding carboxylic acids is 1. The second-order valence-electron chi connectivity index (χ2n) is 7.37. The third-order valence-corrected chi connectivity index (χ3v) is 7.77. The first kappa shape index (κ1) is 25.2. The molecule has 0 bridgehead atoms. The molecule has 11 heteroatoms. The zero-order valence-corrected chi connectivity index (χ0v) is 21.8. The lowest BCUT2D eigenvalue weighted by molar-refractivity contribution is -0.115. The van der Waals surface area contributed by atoms with E-state index >= 15 is 0 Å². The van der Waals surface area contributed by atoms with E-state index in [1.54, 1.807) is 6.92 Å². The number of pyridine rings is 1. The Hall–Kier alpha value is -3.90. The normalized spacial score (nSPS) is 11.3. The molecule has 4 rings (SSSR count). The predicted molar refractivity (Wildman–Crippen MR) is 144 cm³/mol. The van der Waals surface area contributed by atoms with Crippen LogP contribution >= 0.6 is 34.4 Å². The number of nitrogens with two attached hydrogens (primary N) is 1. The Morgan fingerprint density at radius 1 is 1.17 bits per heavy atom. The van der Waals surface area contributed by atoms with Crippen LogP contribution in [0.25, 0.3) is 21.7 Å². The minimum Gasteiger partial charge on any atom is -0.494 e. The maximum absolute atomic E-state index is 12.9. The number of aromatic nitrogens is 2. The van der Waals surface area contributed by atoms with E-state index in [1.807, 2.05) is 54.1 Å². The summed E-state index contributed by atoms with van der Waals surface area (Å²) in [7, 11) is 0. The van der Waals surface area contributed by atoms with Gasteiger partial charge in [-0.25, -0.2) is 9.97 Å². The number of benzene rings is 1. The topological polar surface area (TPSA) is 138 Å². The van der Waals surface area contributed by atoms with E-state index in [2.05, 4.69) is 27.4 Å². The van der Waals surface area contributed by atoms with Crippen LogP contribution < -0.4 is 15.8 Å². The van der Waals surface area contributed by atoms with Crippen LogP contribution in [0, 0.1) is 22.7 Å². The molecular formula is C25H20N6O2S3. The van der Waals surface area contributed by atoms with E-state index in [1.165, 1.54) is 22.7 Å². The van der Waals surface area contributed by atoms with Gasteiger partial charge in [-0.05, 0) is 49.6 Å². The zero-order chi connectivity index (χ0) is 25.7. The van der Waals surface area contributed by atoms with Gasteiger partial charge in [0.15, 0.2) is 5.13 Å². The number of ether oxygens (including phenoxy) is 1. The Kier molecular flexibility index (Phi) is 7.86. The van der Waals surface area contributed by atoms with Crippen molar-refractivity contribution in [1.82, 2.24) is 9.97 Å². The molecule has 0 spiro atoms. The number of rotatable bonds is 8. The average molecular weight is 533 g/mol. The fraction of sp³-hybridized carbons (Fsp3) is 0.160. The molecule has 1 atom stereocenters. The maximum Gasteiger partial charge on any atom is 0.239 e. The number of nitrogens with zero attached hydrogens (tertiary/aromatic N) is 4. The molecule has 0 aliphatic carbocycles. The molecule has 3 N–H and O–H groups in total. The van der Waals surface area contributed by atoms with Crippen LogP contribution in [0.15, 0.2) is 52.2 Å². The number of nitrogens with one attached hydrogen (secondary N) is 1. The van der Waals surface area contributed by atoms with Crippen molar-refractivity contribution >= 4 is 51.3 Å². The fourth-order valence-electron chi connectivity index (χ4n) is 3.33. The minimum absolute atomic E-state index is 0.0231. The summed E-state index contributed by atoms with van der Waals surface area (Å²) in [6, 6.07) is 15.4. The van der Waals surface area contributed by atoms with Crippen molar-refractivity contribution in [2.75, 3.05) is 17.7 Å². The van der Waals surface area contributed by atoms with Gasteiger partial charge < -0.3 is 15.8 Å². The van der Waals surface area contributed by atoms with Crippen molar-refractivity contribution < 1.29 is 9.53 Å². The van der Waals surface area contributed by atoms with Gasteiger partial charge in [0, 0.05) is 21.4 Å². The average Bonchev–Trinajstić information content (AvgIpc) is 3.57. The van der Waals surface area contributed by atoms with Crippen molar-refractivity contribution in [1.29, 1.82) is 10.5 Å². The number of thioether (sulfide) groups is 1. The van der Waals surface area contributed by atoms with E-state index in [0.29, 0.717) is 22.3 Å². The molecule has 0 fully saturated rings. The molecule has 1 unspecified atom stereocenters. The highest BCUT2D eigenvalue weighted by atomic mass is 32.2. The van der Waals surface area contributed by atoms with Crippen molar-refractivity contribution in [3.05, 3.63) is 58.3 Å². The second-order valence-corrected chi connectivity index (χ2v) is 10.5. The SMILES string of the molecule is CCOc1ccc(-c2csc(NC(=O)C(C)Sc3nc(N)c(C#N)c(-c4cccs4)c3C#N)n2)cc1. The molecular weight excluding hydrogens is 513 g/mol. The molecule has 0 radical (unpaired) electrons. The van der Waals surface area contributed by atoms with Crippen LogP contribution in [0.2, 0.25) is 0 Å². The lowest BCUT2D eigenvalue weighted by Gasteiger charge is -2.14. The first-order valence-electron chi connectivity index (χ1n) is 10.8. The highest BCUT2D eigenvalue weighted by molar-refractivity contribution is 8.00. The molecule has 180 valence electrons. The molecule has 3 aromatic heterocycles. The Bertz CT molecular complexity index is 1470. The quantitative estimate of drug-likeness (QED) is 0.273. The van der Waals surface area contributed by atoms with Gasteiger partial charge >= 0.3 is 0 Å². The Labute approximate surface area is 220 Å². The molecule has 0 aliphatic heterocycles. The summed E-state index contributed by atoms with van der Waals surface area (Å²) < 4.78 is 5.47. The first-order valence-corrected chi connectivity index (χ1v) is 13.4. The summed E-state index contributed by atoms with van der Waals surface area (Å²) in [6.07, 6.45) is 0. The molecule has 4 aromatic rings. The fourth-order valence-corrected chi connectivity index (χ4v) is 5.75. The predicted octanol–water partition coefficient (Wildman–Crippen LogP) is 5.78. The second kappa shape index (κ2) is 11.2. The number of thiophene rings is 1. The van der Waals surface area contributed by atoms with Gasteiger partial charge in [-0.15, -0.1) is 22.7 Å². The number of nitriles is 2. The summed E-state index contributed by atoms with van der Waals surface area (Å²) in [5.74, 6) is 0.515. The van der Waals surface area contributed by atoms with Crippen molar-refractivity contribution in [2.45, 2.75) is 24.1 Å². The molecule has 3 heterocycles. The Morgan fingerprint density at radius 2 is 1.92 bits per heavy atom. The van der Waals surface area contributed by atoms with Crippen LogP contribution in [0.1, 0.15) is 25.0 Å². The standard InChI is InChI=1S/C25H20N6O2S3/c1-3-33-16-8-6-15(7-9-16)19-13-35-25(29-19)31-23(32)14(2)36-24-18(12-27)21(20-5-4-10-34-20)17(11-26)22(28)30-24/h4-10,13-14H,3H2,1-2H3,(H2,28,30)(H,29,31,32). The van der Waals surface area contributed by atoms with Crippen molar-refractivity contribution in [3.63, 3.8) is 0 Å². The summed E-state index contributed by atoms with van der Waals surface area (Å²) in [4.78, 5) is 22.5. The largest absolute Gasteiger partial charge is 0.494 e. The number of hydrogen-bond acceptors (Lipinski definition) is 10. The lowest BCUT2D eigenvalue weighted by Crippen LogP contribution is -2.22. The Balaban J connectivity index is 1.52. The number of carbonyl (C=O) groups is 1. The minimum atomic E-state index is -0.606. The molecule has 0 saturated heterocycles. The van der Waals surface area contributed by atoms with E-state index in [0.717, 1.165) is 33.6 Å². The van der Waals surface area contributed by atoms with Crippen LogP contribution in [0.5, 0.6) is 5.75 Å². The summed E-state index contributed by atoms with van der Waals surface area (Å²) >= 11 is 3.82. The van der Waals surface area contributed by atoms with Gasteiger partial charge in [0.05, 0.1) is 23.1 Å². The molecule has 36 heavy (non-hydrogen) atoms. The number of nitrogen functional groups attached to an aromatic ring is 1. The third-order valence-electron chi connectivity index (χ3n) is 5.04. The molecule has 8 nitrogen and oxygen atoms in total. The van der Waals surface area contributed by atoms with E-state index in [9.17, 15) is 15.3 Å². The van der Waals surface area contributed by atoms with Gasteiger partial charge in [0.1, 0.15) is 34.3 Å². The first-order chi connectivity index (χ1) is 17.4. The van der Waals surface area contributed by atoms with Crippen LogP contribution in [0.3, 0.4) is 0 Å². The molecule has 0 aliphatic rings. The highest BCUT2D eigenvalue weighted by Crippen LogP contribution is 2.39. The van der Waals surface area contributed by atoms with Crippen LogP contribution in [-0.2, 0) is 4.79 Å². The van der Waals surface area contributed by atoms with Gasteiger partial charge in [0.25, 0.3) is 0 Å². The highest BCUT2D eigenvalue weighted by Gasteiger charge is 2.25. The van der Waals surface area contributed by atoms with E-state index in [4.69, 9.17) is 10.5 Å². The lowest BCUT2D eigenvalue weighted by atomic mass is 10.0. The molecule has 1 amide bonds. The van der Waals surface area contributed by atoms with Crippen LogP contribution in [0.4, 0.5) is 10.9 Å². The smallest absolute Gasteiger partial charge is 0.239 e. The number of amides is 1. The van der Waals surface area contributed by atoms with E-state index < -0.39 is 5.25 Å². The summed E-state index contributed by atoms with van der Waals surface area (Å²) in [5.41, 5.74) is 8.53.